The number of esters is 1. The van der Waals surface area contributed by atoms with E-state index < -0.39 is 22.0 Å². The predicted molar refractivity (Wildman–Crippen MR) is 73.8 cm³/mol. The zero-order chi connectivity index (χ0) is 15.3. The van der Waals surface area contributed by atoms with Crippen molar-refractivity contribution in [2.24, 2.45) is 5.92 Å². The minimum atomic E-state index is -3.75. The van der Waals surface area contributed by atoms with Gasteiger partial charge in [0.05, 0.1) is 17.6 Å². The normalized spacial score (nSPS) is 14.6. The molecule has 0 heterocycles. The maximum Gasteiger partial charge on any atom is 0.337 e. The lowest BCUT2D eigenvalue weighted by atomic mass is 10.1. The minimum absolute atomic E-state index is 0.0163. The molecule has 0 bridgehead atoms. The Morgan fingerprint density at radius 3 is 2.60 bits per heavy atom. The van der Waals surface area contributed by atoms with Crippen LogP contribution in [0.1, 0.15) is 24.2 Å². The monoisotopic (exact) mass is 301 g/mol. The van der Waals surface area contributed by atoms with Crippen molar-refractivity contribution in [2.45, 2.75) is 24.8 Å². The van der Waals surface area contributed by atoms with Crippen LogP contribution >= 0.6 is 0 Å². The molecule has 0 aliphatic carbocycles. The number of methoxy groups -OCH3 is 1. The lowest BCUT2D eigenvalue weighted by molar-refractivity contribution is 0.0600. The number of hydrogen-bond donors (Lipinski definition) is 2. The van der Waals surface area contributed by atoms with Gasteiger partial charge in [-0.1, -0.05) is 13.0 Å². The van der Waals surface area contributed by atoms with Crippen molar-refractivity contribution >= 4 is 16.0 Å². The first-order valence-corrected chi connectivity index (χ1v) is 7.61. The highest BCUT2D eigenvalue weighted by molar-refractivity contribution is 7.89. The summed E-state index contributed by atoms with van der Waals surface area (Å²) in [6.45, 7) is 3.28. The summed E-state index contributed by atoms with van der Waals surface area (Å²) in [4.78, 5) is 11.4. The Labute approximate surface area is 118 Å². The highest BCUT2D eigenvalue weighted by atomic mass is 32.2. The van der Waals surface area contributed by atoms with Gasteiger partial charge >= 0.3 is 5.97 Å². The number of carbonyl (C=O) groups excluding carboxylic acids is 1. The number of aliphatic hydroxyl groups excluding tert-OH is 1. The third kappa shape index (κ3) is 4.03. The van der Waals surface area contributed by atoms with Gasteiger partial charge in [0.1, 0.15) is 0 Å². The number of nitrogens with one attached hydrogen (secondary N) is 1. The second-order valence-corrected chi connectivity index (χ2v) is 6.30. The van der Waals surface area contributed by atoms with Gasteiger partial charge in [0.15, 0.2) is 0 Å². The van der Waals surface area contributed by atoms with Crippen molar-refractivity contribution in [2.75, 3.05) is 13.7 Å². The fourth-order valence-corrected chi connectivity index (χ4v) is 2.89. The van der Waals surface area contributed by atoms with Gasteiger partial charge in [-0.15, -0.1) is 0 Å². The number of aliphatic hydroxyl groups is 1. The van der Waals surface area contributed by atoms with Crippen LogP contribution in [0.15, 0.2) is 29.2 Å². The van der Waals surface area contributed by atoms with Crippen molar-refractivity contribution in [1.29, 1.82) is 0 Å². The zero-order valence-corrected chi connectivity index (χ0v) is 12.5. The van der Waals surface area contributed by atoms with E-state index in [0.29, 0.717) is 0 Å². The predicted octanol–water partition coefficient (Wildman–Crippen LogP) is 0.768. The molecule has 20 heavy (non-hydrogen) atoms. The summed E-state index contributed by atoms with van der Waals surface area (Å²) in [5.41, 5.74) is 0.165. The Hall–Kier alpha value is -1.44. The number of sulfonamides is 1. The molecule has 1 aromatic carbocycles. The molecule has 0 aromatic heterocycles. The van der Waals surface area contributed by atoms with E-state index in [1.54, 1.807) is 13.8 Å². The van der Waals surface area contributed by atoms with Gasteiger partial charge in [-0.05, 0) is 31.0 Å². The second kappa shape index (κ2) is 6.83. The van der Waals surface area contributed by atoms with E-state index in [-0.39, 0.29) is 23.0 Å². The molecule has 2 unspecified atom stereocenters. The highest BCUT2D eigenvalue weighted by Gasteiger charge is 2.21. The number of carbonyl (C=O) groups is 1. The number of ether oxygens (including phenoxy) is 1. The molecular formula is C13H19NO5S. The molecule has 0 amide bonds. The van der Waals surface area contributed by atoms with Crippen molar-refractivity contribution < 1.29 is 23.1 Å². The standard InChI is InChI=1S/C13H19NO5S/c1-9(8-15)10(2)14-20(17,18)12-6-4-5-11(7-12)13(16)19-3/h4-7,9-10,14-15H,8H2,1-3H3. The third-order valence-corrected chi connectivity index (χ3v) is 4.60. The molecule has 112 valence electrons. The van der Waals surface area contributed by atoms with E-state index in [9.17, 15) is 13.2 Å². The van der Waals surface area contributed by atoms with E-state index in [1.807, 2.05) is 0 Å². The maximum atomic E-state index is 12.2. The summed E-state index contributed by atoms with van der Waals surface area (Å²) < 4.78 is 31.4. The summed E-state index contributed by atoms with van der Waals surface area (Å²) in [7, 11) is -2.52. The molecule has 0 saturated heterocycles. The fourth-order valence-electron chi connectivity index (χ4n) is 1.50. The quantitative estimate of drug-likeness (QED) is 0.757. The van der Waals surface area contributed by atoms with Gasteiger partial charge in [-0.3, -0.25) is 0 Å². The van der Waals surface area contributed by atoms with Crippen molar-refractivity contribution in [1.82, 2.24) is 4.72 Å². The fraction of sp³-hybridized carbons (Fsp3) is 0.462. The van der Waals surface area contributed by atoms with Gasteiger partial charge in [0.2, 0.25) is 10.0 Å². The topological polar surface area (TPSA) is 92.7 Å². The summed E-state index contributed by atoms with van der Waals surface area (Å²) >= 11 is 0. The average molecular weight is 301 g/mol. The smallest absolute Gasteiger partial charge is 0.337 e. The van der Waals surface area contributed by atoms with E-state index in [2.05, 4.69) is 9.46 Å². The van der Waals surface area contributed by atoms with Crippen LogP contribution in [0.2, 0.25) is 0 Å². The zero-order valence-electron chi connectivity index (χ0n) is 11.7. The van der Waals surface area contributed by atoms with Crippen LogP contribution in [0.25, 0.3) is 0 Å². The van der Waals surface area contributed by atoms with E-state index >= 15 is 0 Å². The Bertz CT molecular complexity index is 570. The Morgan fingerprint density at radius 2 is 2.05 bits per heavy atom. The van der Waals surface area contributed by atoms with Crippen LogP contribution < -0.4 is 4.72 Å². The molecule has 6 nitrogen and oxygen atoms in total. The SMILES string of the molecule is COC(=O)c1cccc(S(=O)(=O)NC(C)C(C)CO)c1. The lowest BCUT2D eigenvalue weighted by Gasteiger charge is -2.19. The number of hydrogen-bond acceptors (Lipinski definition) is 5. The first kappa shape index (κ1) is 16.6. The third-order valence-electron chi connectivity index (χ3n) is 3.05. The molecule has 2 atom stereocenters. The van der Waals surface area contributed by atoms with Crippen LogP contribution in [0.5, 0.6) is 0 Å². The van der Waals surface area contributed by atoms with E-state index in [1.165, 1.54) is 31.4 Å². The first-order chi connectivity index (χ1) is 9.31. The molecule has 0 saturated carbocycles. The molecule has 0 fully saturated rings. The summed E-state index contributed by atoms with van der Waals surface area (Å²) in [6, 6.07) is 5.17. The summed E-state index contributed by atoms with van der Waals surface area (Å²) in [5, 5.41) is 9.03. The largest absolute Gasteiger partial charge is 0.465 e. The van der Waals surface area contributed by atoms with Crippen molar-refractivity contribution in [3.05, 3.63) is 29.8 Å². The lowest BCUT2D eigenvalue weighted by Crippen LogP contribution is -2.38. The Kier molecular flexibility index (Phi) is 5.67. The van der Waals surface area contributed by atoms with Crippen molar-refractivity contribution in [3.63, 3.8) is 0 Å². The average Bonchev–Trinajstić information content (AvgIpc) is 2.45. The summed E-state index contributed by atoms with van der Waals surface area (Å²) in [5.74, 6) is -0.813. The molecule has 0 spiro atoms. The second-order valence-electron chi connectivity index (χ2n) is 4.59. The van der Waals surface area contributed by atoms with Crippen molar-refractivity contribution in [3.8, 4) is 0 Å². The molecule has 1 rings (SSSR count). The van der Waals surface area contributed by atoms with E-state index in [0.717, 1.165) is 0 Å². The molecule has 2 N–H and O–H groups in total. The summed E-state index contributed by atoms with van der Waals surface area (Å²) in [6.07, 6.45) is 0. The molecule has 0 radical (unpaired) electrons. The van der Waals surface area contributed by atoms with Crippen LogP contribution in [-0.2, 0) is 14.8 Å². The van der Waals surface area contributed by atoms with Gasteiger partial charge in [-0.2, -0.15) is 0 Å². The van der Waals surface area contributed by atoms with Crippen LogP contribution in [-0.4, -0.2) is 39.3 Å². The Morgan fingerprint density at radius 1 is 1.40 bits per heavy atom. The molecule has 1 aromatic rings. The van der Waals surface area contributed by atoms with Gasteiger partial charge < -0.3 is 9.84 Å². The highest BCUT2D eigenvalue weighted by Crippen LogP contribution is 2.14. The van der Waals surface area contributed by atoms with Gasteiger partial charge in [-0.25, -0.2) is 17.9 Å². The maximum absolute atomic E-state index is 12.2. The first-order valence-electron chi connectivity index (χ1n) is 6.13. The Balaban J connectivity index is 3.01. The van der Waals surface area contributed by atoms with Crippen LogP contribution in [0, 0.1) is 5.92 Å². The van der Waals surface area contributed by atoms with Crippen LogP contribution in [0.3, 0.4) is 0 Å². The molecule has 0 aliphatic heterocycles. The van der Waals surface area contributed by atoms with Crippen LogP contribution in [0.4, 0.5) is 0 Å². The number of rotatable bonds is 6. The van der Waals surface area contributed by atoms with Gasteiger partial charge in [0.25, 0.3) is 0 Å². The molecular weight excluding hydrogens is 282 g/mol. The minimum Gasteiger partial charge on any atom is -0.465 e. The molecule has 7 heteroatoms. The van der Waals surface area contributed by atoms with E-state index in [4.69, 9.17) is 5.11 Å². The molecule has 0 aliphatic rings. The number of benzene rings is 1. The van der Waals surface area contributed by atoms with Gasteiger partial charge in [0, 0.05) is 12.6 Å².